The minimum atomic E-state index is 0.424. The van der Waals surface area contributed by atoms with E-state index >= 15 is 0 Å². The molecular weight excluding hydrogens is 182 g/mol. The second-order valence-electron chi connectivity index (χ2n) is 4.00. The number of aromatic nitrogens is 1. The Morgan fingerprint density at radius 2 is 2.54 bits per heavy atom. The van der Waals surface area contributed by atoms with Crippen molar-refractivity contribution in [3.8, 4) is 0 Å². The van der Waals surface area contributed by atoms with E-state index in [1.807, 2.05) is 6.92 Å². The highest BCUT2D eigenvalue weighted by molar-refractivity contribution is 7.09. The molecule has 4 heteroatoms. The molecule has 3 N–H and O–H groups in total. The van der Waals surface area contributed by atoms with E-state index in [1.54, 1.807) is 11.3 Å². The maximum Gasteiger partial charge on any atom is 0.0898 e. The Hall–Kier alpha value is -0.450. The Balaban J connectivity index is 1.86. The first-order chi connectivity index (χ1) is 6.27. The van der Waals surface area contributed by atoms with E-state index < -0.39 is 0 Å². The molecule has 1 aromatic heterocycles. The topological polar surface area (TPSA) is 50.9 Å². The molecule has 0 aromatic carbocycles. The van der Waals surface area contributed by atoms with Gasteiger partial charge in [0.2, 0.25) is 0 Å². The molecule has 13 heavy (non-hydrogen) atoms. The van der Waals surface area contributed by atoms with Crippen LogP contribution in [0, 0.1) is 18.8 Å². The zero-order valence-electron chi connectivity index (χ0n) is 7.53. The summed E-state index contributed by atoms with van der Waals surface area (Å²) in [5.74, 6) is 1.37. The van der Waals surface area contributed by atoms with E-state index in [4.69, 9.17) is 5.73 Å². The van der Waals surface area contributed by atoms with E-state index in [1.165, 1.54) is 5.69 Å². The van der Waals surface area contributed by atoms with Crippen molar-refractivity contribution in [1.82, 2.24) is 10.3 Å². The summed E-state index contributed by atoms with van der Waals surface area (Å²) in [6.07, 6.45) is 0. The average molecular weight is 195 g/mol. The second kappa shape index (κ2) is 2.53. The summed E-state index contributed by atoms with van der Waals surface area (Å²) in [6.45, 7) is 3.13. The minimum absolute atomic E-state index is 0.424. The zero-order chi connectivity index (χ0) is 9.00. The van der Waals surface area contributed by atoms with Gasteiger partial charge in [0.05, 0.1) is 16.7 Å². The number of nitrogens with zero attached hydrogens (tertiary/aromatic N) is 1. The highest BCUT2D eigenvalue weighted by Gasteiger charge is 2.56. The lowest BCUT2D eigenvalue weighted by Crippen LogP contribution is -2.25. The van der Waals surface area contributed by atoms with Crippen molar-refractivity contribution in [2.24, 2.45) is 17.6 Å². The van der Waals surface area contributed by atoms with Gasteiger partial charge in [-0.3, -0.25) is 0 Å². The predicted molar refractivity (Wildman–Crippen MR) is 52.6 cm³/mol. The molecule has 0 radical (unpaired) electrons. The molecule has 1 saturated heterocycles. The van der Waals surface area contributed by atoms with Crippen LogP contribution in [0.2, 0.25) is 0 Å². The lowest BCUT2D eigenvalue weighted by atomic mass is 10.1. The van der Waals surface area contributed by atoms with Crippen molar-refractivity contribution in [2.45, 2.75) is 19.0 Å². The summed E-state index contributed by atoms with van der Waals surface area (Å²) in [5, 5.41) is 6.78. The molecule has 3 rings (SSSR count). The Kier molecular flexibility index (Phi) is 1.54. The number of piperidine rings is 1. The maximum atomic E-state index is 5.94. The standard InChI is InChI=1S/C9H13N3S/c1-4-12-6(3-13-4)9-7-5(2-11-9)8(7)10/h3,5,7-9,11H,2,10H2,1H3. The Bertz CT molecular complexity index is 335. The van der Waals surface area contributed by atoms with Crippen LogP contribution in [0.25, 0.3) is 0 Å². The highest BCUT2D eigenvalue weighted by atomic mass is 32.1. The van der Waals surface area contributed by atoms with Crippen molar-refractivity contribution in [3.05, 3.63) is 16.1 Å². The van der Waals surface area contributed by atoms with Crippen LogP contribution in [0.4, 0.5) is 0 Å². The van der Waals surface area contributed by atoms with Gasteiger partial charge in [-0.1, -0.05) is 0 Å². The molecule has 2 fully saturated rings. The average Bonchev–Trinajstić information content (AvgIpc) is 2.58. The van der Waals surface area contributed by atoms with Gasteiger partial charge in [-0.05, 0) is 12.8 Å². The number of nitrogens with two attached hydrogens (primary N) is 1. The van der Waals surface area contributed by atoms with Crippen LogP contribution in [0.1, 0.15) is 16.7 Å². The largest absolute Gasteiger partial charge is 0.327 e. The van der Waals surface area contributed by atoms with E-state index in [0.717, 1.165) is 11.6 Å². The molecule has 70 valence electrons. The SMILES string of the molecule is Cc1nc(C2NCC3C(N)C23)cs1. The van der Waals surface area contributed by atoms with Crippen LogP contribution < -0.4 is 11.1 Å². The zero-order valence-corrected chi connectivity index (χ0v) is 8.34. The first-order valence-electron chi connectivity index (χ1n) is 4.68. The molecule has 1 aliphatic carbocycles. The smallest absolute Gasteiger partial charge is 0.0898 e. The summed E-state index contributed by atoms with van der Waals surface area (Å²) >= 11 is 1.72. The summed E-state index contributed by atoms with van der Waals surface area (Å²) < 4.78 is 0. The third-order valence-electron chi connectivity index (χ3n) is 3.21. The van der Waals surface area contributed by atoms with E-state index in [-0.39, 0.29) is 0 Å². The number of rotatable bonds is 1. The third-order valence-corrected chi connectivity index (χ3v) is 4.00. The number of nitrogens with one attached hydrogen (secondary N) is 1. The van der Waals surface area contributed by atoms with Gasteiger partial charge in [-0.15, -0.1) is 11.3 Å². The van der Waals surface area contributed by atoms with E-state index in [0.29, 0.717) is 23.9 Å². The van der Waals surface area contributed by atoms with Crippen LogP contribution in [0.15, 0.2) is 5.38 Å². The molecule has 0 amide bonds. The molecule has 0 spiro atoms. The molecular formula is C9H13N3S. The number of fused-ring (bicyclic) bond motifs is 1. The van der Waals surface area contributed by atoms with Crippen LogP contribution >= 0.6 is 11.3 Å². The van der Waals surface area contributed by atoms with Gasteiger partial charge in [0.25, 0.3) is 0 Å². The van der Waals surface area contributed by atoms with Gasteiger partial charge in [-0.2, -0.15) is 0 Å². The van der Waals surface area contributed by atoms with Crippen molar-refractivity contribution in [1.29, 1.82) is 0 Å². The van der Waals surface area contributed by atoms with E-state index in [9.17, 15) is 0 Å². The Morgan fingerprint density at radius 1 is 1.69 bits per heavy atom. The maximum absolute atomic E-state index is 5.94. The molecule has 2 aliphatic rings. The van der Waals surface area contributed by atoms with Crippen molar-refractivity contribution in [3.63, 3.8) is 0 Å². The lowest BCUT2D eigenvalue weighted by molar-refractivity contribution is 0.526. The molecule has 3 nitrogen and oxygen atoms in total. The fourth-order valence-corrected chi connectivity index (χ4v) is 3.04. The van der Waals surface area contributed by atoms with Crippen molar-refractivity contribution in [2.75, 3.05) is 6.54 Å². The van der Waals surface area contributed by atoms with Crippen molar-refractivity contribution >= 4 is 11.3 Å². The van der Waals surface area contributed by atoms with Crippen LogP contribution in [-0.2, 0) is 0 Å². The Morgan fingerprint density at radius 3 is 3.08 bits per heavy atom. The molecule has 1 saturated carbocycles. The number of aryl methyl sites for hydroxylation is 1. The van der Waals surface area contributed by atoms with Gasteiger partial charge in [0, 0.05) is 23.9 Å². The Labute approximate surface area is 81.4 Å². The van der Waals surface area contributed by atoms with Crippen LogP contribution in [0.3, 0.4) is 0 Å². The quantitative estimate of drug-likeness (QED) is 0.692. The van der Waals surface area contributed by atoms with Gasteiger partial charge >= 0.3 is 0 Å². The van der Waals surface area contributed by atoms with Crippen LogP contribution in [-0.4, -0.2) is 17.6 Å². The fourth-order valence-electron chi connectivity index (χ4n) is 2.39. The normalized spacial score (nSPS) is 42.0. The third kappa shape index (κ3) is 1.06. The second-order valence-corrected chi connectivity index (χ2v) is 5.06. The predicted octanol–water partition coefficient (Wildman–Crippen LogP) is 0.669. The van der Waals surface area contributed by atoms with E-state index in [2.05, 4.69) is 15.7 Å². The monoisotopic (exact) mass is 195 g/mol. The number of thiazole rings is 1. The molecule has 4 atom stereocenters. The highest BCUT2D eigenvalue weighted by Crippen LogP contribution is 2.50. The summed E-state index contributed by atoms with van der Waals surface area (Å²) in [5.41, 5.74) is 7.14. The lowest BCUT2D eigenvalue weighted by Gasteiger charge is -2.11. The first kappa shape index (κ1) is 7.91. The number of hydrogen-bond donors (Lipinski definition) is 2. The molecule has 0 bridgehead atoms. The summed E-state index contributed by atoms with van der Waals surface area (Å²) in [6, 6.07) is 0.859. The van der Waals surface area contributed by atoms with Gasteiger partial charge in [0.1, 0.15) is 0 Å². The fraction of sp³-hybridized carbons (Fsp3) is 0.667. The summed E-state index contributed by atoms with van der Waals surface area (Å²) in [4.78, 5) is 4.50. The van der Waals surface area contributed by atoms with Gasteiger partial charge in [-0.25, -0.2) is 4.98 Å². The molecule has 1 aliphatic heterocycles. The summed E-state index contributed by atoms with van der Waals surface area (Å²) in [7, 11) is 0. The van der Waals surface area contributed by atoms with Crippen LogP contribution in [0.5, 0.6) is 0 Å². The minimum Gasteiger partial charge on any atom is -0.327 e. The molecule has 1 aromatic rings. The molecule has 2 heterocycles. The van der Waals surface area contributed by atoms with Crippen molar-refractivity contribution < 1.29 is 0 Å². The number of hydrogen-bond acceptors (Lipinski definition) is 4. The van der Waals surface area contributed by atoms with Gasteiger partial charge in [0.15, 0.2) is 0 Å². The van der Waals surface area contributed by atoms with Gasteiger partial charge < -0.3 is 11.1 Å². The first-order valence-corrected chi connectivity index (χ1v) is 5.56. The molecule has 4 unspecified atom stereocenters.